The Bertz CT molecular complexity index is 566. The second-order valence-corrected chi connectivity index (χ2v) is 3.80. The van der Waals surface area contributed by atoms with Crippen molar-refractivity contribution in [1.29, 1.82) is 0 Å². The third kappa shape index (κ3) is 1.91. The number of rotatable bonds is 3. The fraction of sp³-hybridized carbons (Fsp3) is 0.300. The Morgan fingerprint density at radius 1 is 1.44 bits per heavy atom. The van der Waals surface area contributed by atoms with Crippen LogP contribution >= 0.6 is 11.6 Å². The fourth-order valence-electron chi connectivity index (χ4n) is 1.47. The topological polar surface area (TPSA) is 73.8 Å². The van der Waals surface area contributed by atoms with Gasteiger partial charge in [-0.3, -0.25) is 4.79 Å². The van der Waals surface area contributed by atoms with Gasteiger partial charge < -0.3 is 5.73 Å². The predicted molar refractivity (Wildman–Crippen MR) is 62.5 cm³/mol. The van der Waals surface area contributed by atoms with E-state index in [0.717, 1.165) is 0 Å². The highest BCUT2D eigenvalue weighted by atomic mass is 35.5. The van der Waals surface area contributed by atoms with E-state index in [2.05, 4.69) is 10.3 Å². The van der Waals surface area contributed by atoms with E-state index in [1.165, 1.54) is 4.68 Å². The molecule has 0 unspecified atom stereocenters. The number of nitrogens with two attached hydrogens (primary N) is 1. The van der Waals surface area contributed by atoms with Gasteiger partial charge in [-0.2, -0.15) is 0 Å². The Morgan fingerprint density at radius 3 is 3.00 bits per heavy atom. The maximum absolute atomic E-state index is 12.0. The lowest BCUT2D eigenvalue weighted by molar-refractivity contribution is 0.530. The zero-order valence-electron chi connectivity index (χ0n) is 8.56. The summed E-state index contributed by atoms with van der Waals surface area (Å²) in [6, 6.07) is 5.12. The van der Waals surface area contributed by atoms with Crippen molar-refractivity contribution < 1.29 is 0 Å². The highest BCUT2D eigenvalue weighted by molar-refractivity contribution is 6.35. The summed E-state index contributed by atoms with van der Waals surface area (Å²) >= 11 is 5.96. The first kappa shape index (κ1) is 11.0. The molecule has 5 nitrogen and oxygen atoms in total. The molecule has 0 spiro atoms. The van der Waals surface area contributed by atoms with Crippen LogP contribution in [0.15, 0.2) is 23.0 Å². The maximum atomic E-state index is 12.0. The molecule has 0 aliphatic carbocycles. The molecule has 0 fully saturated rings. The second kappa shape index (κ2) is 4.59. The molecular formula is C10H11ClN4O. The van der Waals surface area contributed by atoms with E-state index in [4.69, 9.17) is 17.3 Å². The van der Waals surface area contributed by atoms with E-state index in [-0.39, 0.29) is 5.56 Å². The van der Waals surface area contributed by atoms with Gasteiger partial charge in [0, 0.05) is 6.54 Å². The average Bonchev–Trinajstić information content (AvgIpc) is 2.28. The Morgan fingerprint density at radius 2 is 2.25 bits per heavy atom. The average molecular weight is 239 g/mol. The minimum atomic E-state index is -0.218. The first-order valence-electron chi connectivity index (χ1n) is 4.96. The van der Waals surface area contributed by atoms with E-state index in [1.54, 1.807) is 18.2 Å². The highest BCUT2D eigenvalue weighted by Crippen LogP contribution is 2.16. The van der Waals surface area contributed by atoms with Crippen LogP contribution in [0.4, 0.5) is 0 Å². The summed E-state index contributed by atoms with van der Waals surface area (Å²) < 4.78 is 1.29. The molecule has 0 bridgehead atoms. The largest absolute Gasteiger partial charge is 0.330 e. The summed E-state index contributed by atoms with van der Waals surface area (Å²) in [6.07, 6.45) is 0.685. The number of aryl methyl sites for hydroxylation is 1. The van der Waals surface area contributed by atoms with Crippen LogP contribution in [0.5, 0.6) is 0 Å². The molecule has 2 aromatic rings. The summed E-state index contributed by atoms with van der Waals surface area (Å²) in [6.45, 7) is 0.970. The van der Waals surface area contributed by atoms with Crippen molar-refractivity contribution in [1.82, 2.24) is 15.0 Å². The number of benzene rings is 1. The Kier molecular flexibility index (Phi) is 3.17. The van der Waals surface area contributed by atoms with Crippen molar-refractivity contribution in [2.75, 3.05) is 6.54 Å². The quantitative estimate of drug-likeness (QED) is 0.858. The molecule has 2 rings (SSSR count). The molecule has 1 aromatic heterocycles. The molecule has 84 valence electrons. The third-order valence-corrected chi connectivity index (χ3v) is 2.59. The molecule has 0 aliphatic rings. The zero-order valence-corrected chi connectivity index (χ0v) is 9.31. The predicted octanol–water partition coefficient (Wildman–Crippen LogP) is 0.794. The fourth-order valence-corrected chi connectivity index (χ4v) is 1.72. The number of nitrogens with zero attached hydrogens (tertiary/aromatic N) is 3. The van der Waals surface area contributed by atoms with Crippen LogP contribution in [0.1, 0.15) is 6.42 Å². The number of aromatic nitrogens is 3. The van der Waals surface area contributed by atoms with Gasteiger partial charge in [0.15, 0.2) is 0 Å². The molecule has 0 amide bonds. The van der Waals surface area contributed by atoms with Crippen LogP contribution in [0.2, 0.25) is 5.02 Å². The molecule has 0 aliphatic heterocycles. The molecule has 2 N–H and O–H groups in total. The van der Waals surface area contributed by atoms with Crippen LogP contribution in [0.3, 0.4) is 0 Å². The normalized spacial score (nSPS) is 10.9. The van der Waals surface area contributed by atoms with Gasteiger partial charge in [-0.05, 0) is 25.1 Å². The summed E-state index contributed by atoms with van der Waals surface area (Å²) in [4.78, 5) is 12.0. The van der Waals surface area contributed by atoms with Gasteiger partial charge in [-0.25, -0.2) is 4.68 Å². The second-order valence-electron chi connectivity index (χ2n) is 3.39. The van der Waals surface area contributed by atoms with Crippen molar-refractivity contribution >= 4 is 22.5 Å². The SMILES string of the molecule is NCCCn1nnc2cccc(Cl)c2c1=O. The van der Waals surface area contributed by atoms with E-state index >= 15 is 0 Å². The molecular weight excluding hydrogens is 228 g/mol. The van der Waals surface area contributed by atoms with Gasteiger partial charge in [0.05, 0.1) is 10.4 Å². The molecule has 16 heavy (non-hydrogen) atoms. The minimum Gasteiger partial charge on any atom is -0.330 e. The number of hydrogen-bond acceptors (Lipinski definition) is 4. The molecule has 0 saturated carbocycles. The maximum Gasteiger partial charge on any atom is 0.279 e. The van der Waals surface area contributed by atoms with E-state index in [1.807, 2.05) is 0 Å². The van der Waals surface area contributed by atoms with Crippen molar-refractivity contribution in [3.8, 4) is 0 Å². The smallest absolute Gasteiger partial charge is 0.279 e. The van der Waals surface area contributed by atoms with Crippen molar-refractivity contribution in [2.24, 2.45) is 5.73 Å². The van der Waals surface area contributed by atoms with E-state index in [9.17, 15) is 4.79 Å². The summed E-state index contributed by atoms with van der Waals surface area (Å²) in [5.41, 5.74) is 5.68. The van der Waals surface area contributed by atoms with Gasteiger partial charge >= 0.3 is 0 Å². The summed E-state index contributed by atoms with van der Waals surface area (Å²) in [7, 11) is 0. The molecule has 0 radical (unpaired) electrons. The zero-order chi connectivity index (χ0) is 11.5. The van der Waals surface area contributed by atoms with Crippen LogP contribution in [0.25, 0.3) is 10.9 Å². The molecule has 0 saturated heterocycles. The Hall–Kier alpha value is -1.46. The van der Waals surface area contributed by atoms with Gasteiger partial charge in [-0.1, -0.05) is 22.9 Å². The monoisotopic (exact) mass is 238 g/mol. The Balaban J connectivity index is 2.60. The first-order valence-corrected chi connectivity index (χ1v) is 5.34. The molecule has 0 atom stereocenters. The first-order chi connectivity index (χ1) is 7.74. The lowest BCUT2D eigenvalue weighted by atomic mass is 10.2. The van der Waals surface area contributed by atoms with Gasteiger partial charge in [0.2, 0.25) is 0 Å². The number of fused-ring (bicyclic) bond motifs is 1. The minimum absolute atomic E-state index is 0.218. The molecule has 6 heteroatoms. The van der Waals surface area contributed by atoms with Gasteiger partial charge in [-0.15, -0.1) is 5.10 Å². The molecule has 1 heterocycles. The standard InChI is InChI=1S/C10H11ClN4O/c11-7-3-1-4-8-9(7)10(16)15(14-13-8)6-2-5-12/h1,3-4H,2,5-6,12H2. The van der Waals surface area contributed by atoms with Crippen molar-refractivity contribution in [2.45, 2.75) is 13.0 Å². The third-order valence-electron chi connectivity index (χ3n) is 2.27. The van der Waals surface area contributed by atoms with Crippen LogP contribution in [-0.2, 0) is 6.54 Å². The molecule has 1 aromatic carbocycles. The van der Waals surface area contributed by atoms with Crippen molar-refractivity contribution in [3.63, 3.8) is 0 Å². The van der Waals surface area contributed by atoms with Crippen molar-refractivity contribution in [3.05, 3.63) is 33.6 Å². The van der Waals surface area contributed by atoms with Gasteiger partial charge in [0.1, 0.15) is 5.52 Å². The van der Waals surface area contributed by atoms with E-state index < -0.39 is 0 Å². The lowest BCUT2D eigenvalue weighted by Crippen LogP contribution is -2.25. The van der Waals surface area contributed by atoms with Crippen LogP contribution < -0.4 is 11.3 Å². The Labute approximate surface area is 96.8 Å². The van der Waals surface area contributed by atoms with Crippen LogP contribution in [-0.4, -0.2) is 21.5 Å². The number of halogens is 1. The summed E-state index contributed by atoms with van der Waals surface area (Å²) in [5, 5.41) is 8.58. The van der Waals surface area contributed by atoms with E-state index in [0.29, 0.717) is 35.4 Å². The number of hydrogen-bond donors (Lipinski definition) is 1. The van der Waals surface area contributed by atoms with Crippen LogP contribution in [0, 0.1) is 0 Å². The summed E-state index contributed by atoms with van der Waals surface area (Å²) in [5.74, 6) is 0. The van der Waals surface area contributed by atoms with Gasteiger partial charge in [0.25, 0.3) is 5.56 Å². The highest BCUT2D eigenvalue weighted by Gasteiger charge is 2.08. The lowest BCUT2D eigenvalue weighted by Gasteiger charge is -2.04.